The van der Waals surface area contributed by atoms with Crippen molar-refractivity contribution in [1.82, 2.24) is 15.2 Å². The molecule has 0 bridgehead atoms. The van der Waals surface area contributed by atoms with Crippen molar-refractivity contribution in [3.8, 4) is 0 Å². The molecule has 2 aliphatic heterocycles. The lowest BCUT2D eigenvalue weighted by molar-refractivity contribution is 0.0696. The third kappa shape index (κ3) is 1.34. The summed E-state index contributed by atoms with van der Waals surface area (Å²) in [7, 11) is 0. The molecule has 2 fully saturated rings. The summed E-state index contributed by atoms with van der Waals surface area (Å²) in [5.74, 6) is 0.138. The Bertz CT molecular complexity index is 363. The highest BCUT2D eigenvalue weighted by atomic mass is 16.4. The van der Waals surface area contributed by atoms with E-state index >= 15 is 0 Å². The van der Waals surface area contributed by atoms with E-state index in [9.17, 15) is 4.79 Å². The van der Waals surface area contributed by atoms with E-state index in [-0.39, 0.29) is 11.8 Å². The second-order valence-corrected chi connectivity index (χ2v) is 4.04. The Kier molecular flexibility index (Phi) is 1.98. The number of hydrogen-bond donors (Lipinski definition) is 1. The molecule has 1 aromatic rings. The fourth-order valence-electron chi connectivity index (χ4n) is 2.57. The molecule has 3 heterocycles. The summed E-state index contributed by atoms with van der Waals surface area (Å²) >= 11 is 0. The molecule has 1 aromatic heterocycles. The van der Waals surface area contributed by atoms with Gasteiger partial charge in [0.05, 0.1) is 6.20 Å². The van der Waals surface area contributed by atoms with Gasteiger partial charge in [0.15, 0.2) is 0 Å². The number of aromatic nitrogens is 1. The number of nitrogens with zero attached hydrogens (tertiary/aromatic N) is 2. The highest BCUT2D eigenvalue weighted by molar-refractivity contribution is 5.90. The van der Waals surface area contributed by atoms with Crippen LogP contribution < -0.4 is 5.32 Å². The van der Waals surface area contributed by atoms with Crippen molar-refractivity contribution in [2.24, 2.45) is 0 Å². The van der Waals surface area contributed by atoms with E-state index in [1.807, 2.05) is 4.90 Å². The Balaban J connectivity index is 1.80. The minimum Gasteiger partial charge on any atom is -0.441 e. The predicted molar refractivity (Wildman–Crippen MR) is 52.4 cm³/mol. The zero-order valence-corrected chi connectivity index (χ0v) is 8.35. The van der Waals surface area contributed by atoms with Crippen molar-refractivity contribution < 1.29 is 9.21 Å². The first-order valence-corrected chi connectivity index (χ1v) is 5.30. The van der Waals surface area contributed by atoms with Crippen LogP contribution in [0, 0.1) is 0 Å². The van der Waals surface area contributed by atoms with Gasteiger partial charge in [0.25, 0.3) is 5.89 Å². The lowest BCUT2D eigenvalue weighted by atomic mass is 10.1. The van der Waals surface area contributed by atoms with Crippen LogP contribution in [0.4, 0.5) is 0 Å². The molecule has 5 nitrogen and oxygen atoms in total. The van der Waals surface area contributed by atoms with Gasteiger partial charge in [-0.15, -0.1) is 0 Å². The molecule has 2 saturated heterocycles. The molecule has 0 saturated carbocycles. The van der Waals surface area contributed by atoms with Crippen LogP contribution in [0.1, 0.15) is 23.5 Å². The number of hydrogen-bond acceptors (Lipinski definition) is 4. The summed E-state index contributed by atoms with van der Waals surface area (Å²) in [5, 5.41) is 3.40. The summed E-state index contributed by atoms with van der Waals surface area (Å²) in [6, 6.07) is 0.813. The Hall–Kier alpha value is -1.36. The summed E-state index contributed by atoms with van der Waals surface area (Å²) in [5.41, 5.74) is 0. The van der Waals surface area contributed by atoms with Crippen molar-refractivity contribution in [3.63, 3.8) is 0 Å². The van der Waals surface area contributed by atoms with Gasteiger partial charge in [0, 0.05) is 18.6 Å². The van der Waals surface area contributed by atoms with Gasteiger partial charge in [-0.05, 0) is 19.4 Å². The molecular formula is C10H13N3O2. The summed E-state index contributed by atoms with van der Waals surface area (Å²) in [4.78, 5) is 17.8. The fourth-order valence-corrected chi connectivity index (χ4v) is 2.57. The van der Waals surface area contributed by atoms with E-state index in [0.717, 1.165) is 25.9 Å². The number of rotatable bonds is 1. The van der Waals surface area contributed by atoms with Crippen LogP contribution in [-0.2, 0) is 0 Å². The molecule has 2 atom stereocenters. The Morgan fingerprint density at radius 2 is 2.53 bits per heavy atom. The van der Waals surface area contributed by atoms with Gasteiger partial charge >= 0.3 is 5.91 Å². The SMILES string of the molecule is O=C(c1ncco1)N1CCC2NCCC21. The molecule has 3 rings (SSSR count). The van der Waals surface area contributed by atoms with Crippen LogP contribution in [0.3, 0.4) is 0 Å². The van der Waals surface area contributed by atoms with Crippen LogP contribution >= 0.6 is 0 Å². The van der Waals surface area contributed by atoms with Gasteiger partial charge in [-0.2, -0.15) is 0 Å². The number of carbonyl (C=O) groups is 1. The maximum atomic E-state index is 12.0. The third-order valence-electron chi connectivity index (χ3n) is 3.27. The number of fused-ring (bicyclic) bond motifs is 1. The van der Waals surface area contributed by atoms with Crippen molar-refractivity contribution in [2.45, 2.75) is 24.9 Å². The van der Waals surface area contributed by atoms with Crippen LogP contribution in [0.25, 0.3) is 0 Å². The summed E-state index contributed by atoms with van der Waals surface area (Å²) in [6.45, 7) is 1.81. The number of nitrogens with one attached hydrogen (secondary N) is 1. The summed E-state index contributed by atoms with van der Waals surface area (Å²) < 4.78 is 5.03. The second-order valence-electron chi connectivity index (χ2n) is 4.04. The molecule has 2 unspecified atom stereocenters. The Morgan fingerprint density at radius 1 is 1.60 bits per heavy atom. The molecule has 1 N–H and O–H groups in total. The number of oxazole rings is 1. The van der Waals surface area contributed by atoms with Gasteiger partial charge in [-0.1, -0.05) is 0 Å². The first-order chi connectivity index (χ1) is 7.36. The van der Waals surface area contributed by atoms with Crippen LogP contribution in [-0.4, -0.2) is 41.0 Å². The van der Waals surface area contributed by atoms with Gasteiger partial charge < -0.3 is 14.6 Å². The quantitative estimate of drug-likeness (QED) is 0.717. The molecule has 15 heavy (non-hydrogen) atoms. The molecular weight excluding hydrogens is 194 g/mol. The predicted octanol–water partition coefficient (Wildman–Crippen LogP) is 0.251. The molecule has 2 aliphatic rings. The number of carbonyl (C=O) groups excluding carboxylic acids is 1. The topological polar surface area (TPSA) is 58.4 Å². The van der Waals surface area contributed by atoms with Gasteiger partial charge in [-0.25, -0.2) is 4.98 Å². The van der Waals surface area contributed by atoms with Crippen molar-refractivity contribution >= 4 is 5.91 Å². The van der Waals surface area contributed by atoms with Crippen molar-refractivity contribution in [2.75, 3.05) is 13.1 Å². The first kappa shape index (κ1) is 8.91. The smallest absolute Gasteiger partial charge is 0.310 e. The molecule has 80 valence electrons. The molecule has 0 aliphatic carbocycles. The third-order valence-corrected chi connectivity index (χ3v) is 3.27. The summed E-state index contributed by atoms with van der Waals surface area (Å²) in [6.07, 6.45) is 5.02. The molecule has 0 radical (unpaired) electrons. The minimum absolute atomic E-state index is 0.0730. The highest BCUT2D eigenvalue weighted by Crippen LogP contribution is 2.26. The Morgan fingerprint density at radius 3 is 3.33 bits per heavy atom. The van der Waals surface area contributed by atoms with Crippen LogP contribution in [0.15, 0.2) is 16.9 Å². The lowest BCUT2D eigenvalue weighted by Crippen LogP contribution is -2.38. The largest absolute Gasteiger partial charge is 0.441 e. The maximum absolute atomic E-state index is 12.0. The molecule has 0 spiro atoms. The van der Waals surface area contributed by atoms with E-state index in [1.165, 1.54) is 12.5 Å². The standard InChI is InChI=1S/C10H13N3O2/c14-10(9-12-4-6-15-9)13-5-2-7-8(13)1-3-11-7/h4,6-8,11H,1-3,5H2. The molecule has 5 heteroatoms. The zero-order valence-electron chi connectivity index (χ0n) is 8.35. The van der Waals surface area contributed by atoms with Crippen LogP contribution in [0.5, 0.6) is 0 Å². The molecule has 0 aromatic carbocycles. The van der Waals surface area contributed by atoms with Gasteiger partial charge in [0.2, 0.25) is 0 Å². The highest BCUT2D eigenvalue weighted by Gasteiger charge is 2.40. The van der Waals surface area contributed by atoms with E-state index in [0.29, 0.717) is 12.1 Å². The maximum Gasteiger partial charge on any atom is 0.310 e. The fraction of sp³-hybridized carbons (Fsp3) is 0.600. The van der Waals surface area contributed by atoms with E-state index in [2.05, 4.69) is 10.3 Å². The normalized spacial score (nSPS) is 29.5. The van der Waals surface area contributed by atoms with Crippen molar-refractivity contribution in [3.05, 3.63) is 18.4 Å². The second kappa shape index (κ2) is 3.34. The average Bonchev–Trinajstić information content (AvgIpc) is 2.94. The number of likely N-dealkylation sites (tertiary alicyclic amines) is 1. The van der Waals surface area contributed by atoms with E-state index in [4.69, 9.17) is 4.42 Å². The van der Waals surface area contributed by atoms with E-state index < -0.39 is 0 Å². The zero-order chi connectivity index (χ0) is 10.3. The molecule has 1 amide bonds. The first-order valence-electron chi connectivity index (χ1n) is 5.30. The number of amides is 1. The van der Waals surface area contributed by atoms with Crippen molar-refractivity contribution in [1.29, 1.82) is 0 Å². The average molecular weight is 207 g/mol. The minimum atomic E-state index is -0.0730. The van der Waals surface area contributed by atoms with Crippen LogP contribution in [0.2, 0.25) is 0 Å². The van der Waals surface area contributed by atoms with Gasteiger partial charge in [0.1, 0.15) is 6.26 Å². The lowest BCUT2D eigenvalue weighted by Gasteiger charge is -2.21. The van der Waals surface area contributed by atoms with E-state index in [1.54, 1.807) is 0 Å². The Labute approximate surface area is 87.5 Å². The van der Waals surface area contributed by atoms with Gasteiger partial charge in [-0.3, -0.25) is 4.79 Å². The monoisotopic (exact) mass is 207 g/mol.